The molecule has 1 rings (SSSR count). The lowest BCUT2D eigenvalue weighted by Gasteiger charge is -2.07. The van der Waals surface area contributed by atoms with E-state index in [4.69, 9.17) is 0 Å². The van der Waals surface area contributed by atoms with Crippen LogP contribution >= 0.6 is 0 Å². The van der Waals surface area contributed by atoms with E-state index in [9.17, 15) is 13.5 Å². The Balaban J connectivity index is 2.76. The summed E-state index contributed by atoms with van der Waals surface area (Å²) in [5, 5.41) is 9.40. The molecule has 0 saturated heterocycles. The highest BCUT2D eigenvalue weighted by Crippen LogP contribution is 2.11. The van der Waals surface area contributed by atoms with Gasteiger partial charge in [0.15, 0.2) is 0 Å². The molecule has 0 aliphatic rings. The van der Waals surface area contributed by atoms with Crippen LogP contribution in [0.15, 0.2) is 18.7 Å². The van der Waals surface area contributed by atoms with E-state index >= 15 is 0 Å². The van der Waals surface area contributed by atoms with Crippen molar-refractivity contribution in [1.82, 2.24) is 9.97 Å². The van der Waals surface area contributed by atoms with Crippen LogP contribution < -0.4 is 0 Å². The highest BCUT2D eigenvalue weighted by Gasteiger charge is 2.14. The van der Waals surface area contributed by atoms with E-state index < -0.39 is 15.9 Å². The summed E-state index contributed by atoms with van der Waals surface area (Å²) in [7, 11) is -3.18. The van der Waals surface area contributed by atoms with Crippen molar-refractivity contribution in [2.24, 2.45) is 0 Å². The second-order valence-corrected chi connectivity index (χ2v) is 4.96. The van der Waals surface area contributed by atoms with E-state index in [1.807, 2.05) is 0 Å². The topological polar surface area (TPSA) is 80.2 Å². The zero-order valence-corrected chi connectivity index (χ0v) is 7.90. The molecule has 0 aliphatic carbocycles. The van der Waals surface area contributed by atoms with Crippen molar-refractivity contribution < 1.29 is 13.5 Å². The van der Waals surface area contributed by atoms with Crippen LogP contribution in [0.1, 0.15) is 11.7 Å². The molecule has 0 radical (unpaired) electrons. The van der Waals surface area contributed by atoms with E-state index in [0.717, 1.165) is 6.26 Å². The molecule has 1 aromatic rings. The van der Waals surface area contributed by atoms with Crippen LogP contribution in [0.5, 0.6) is 0 Å². The average molecular weight is 202 g/mol. The summed E-state index contributed by atoms with van der Waals surface area (Å²) >= 11 is 0. The minimum Gasteiger partial charge on any atom is -0.387 e. The van der Waals surface area contributed by atoms with E-state index in [2.05, 4.69) is 9.97 Å². The lowest BCUT2D eigenvalue weighted by atomic mass is 10.2. The third kappa shape index (κ3) is 3.47. The lowest BCUT2D eigenvalue weighted by molar-refractivity contribution is 0.201. The van der Waals surface area contributed by atoms with Crippen LogP contribution in [0.2, 0.25) is 0 Å². The van der Waals surface area contributed by atoms with E-state index in [1.54, 1.807) is 0 Å². The molecule has 0 aromatic carbocycles. The Morgan fingerprint density at radius 3 is 2.46 bits per heavy atom. The van der Waals surface area contributed by atoms with Crippen LogP contribution in [-0.2, 0) is 9.84 Å². The van der Waals surface area contributed by atoms with E-state index in [-0.39, 0.29) is 5.75 Å². The van der Waals surface area contributed by atoms with Gasteiger partial charge in [0, 0.05) is 24.2 Å². The summed E-state index contributed by atoms with van der Waals surface area (Å²) in [5.74, 6) is -0.305. The molecule has 13 heavy (non-hydrogen) atoms. The molecule has 0 bridgehead atoms. The number of rotatable bonds is 3. The standard InChI is InChI=1S/C7H10N2O3S/c1-13(11,12)4-7(10)6-2-8-5-9-3-6/h2-3,5,7,10H,4H2,1H3. The fourth-order valence-electron chi connectivity index (χ4n) is 0.866. The van der Waals surface area contributed by atoms with Gasteiger partial charge in [-0.05, 0) is 0 Å². The Labute approximate surface area is 76.4 Å². The van der Waals surface area contributed by atoms with Gasteiger partial charge in [-0.25, -0.2) is 18.4 Å². The fourth-order valence-corrected chi connectivity index (χ4v) is 1.63. The zero-order valence-electron chi connectivity index (χ0n) is 7.08. The summed E-state index contributed by atoms with van der Waals surface area (Å²) < 4.78 is 21.6. The maximum Gasteiger partial charge on any atom is 0.150 e. The Bertz CT molecular complexity index is 363. The molecule has 5 nitrogen and oxygen atoms in total. The average Bonchev–Trinajstić information content (AvgIpc) is 2.03. The zero-order chi connectivity index (χ0) is 9.90. The Morgan fingerprint density at radius 1 is 1.46 bits per heavy atom. The number of hydrogen-bond acceptors (Lipinski definition) is 5. The molecular weight excluding hydrogens is 192 g/mol. The van der Waals surface area contributed by atoms with Gasteiger partial charge in [-0.2, -0.15) is 0 Å². The first-order valence-electron chi connectivity index (χ1n) is 3.60. The predicted molar refractivity (Wildman–Crippen MR) is 46.7 cm³/mol. The molecule has 1 aromatic heterocycles. The van der Waals surface area contributed by atoms with Crippen molar-refractivity contribution in [3.63, 3.8) is 0 Å². The molecule has 0 amide bonds. The number of nitrogens with zero attached hydrogens (tertiary/aromatic N) is 2. The minimum atomic E-state index is -3.18. The molecule has 1 atom stereocenters. The summed E-state index contributed by atoms with van der Waals surface area (Å²) in [6.45, 7) is 0. The molecule has 0 fully saturated rings. The van der Waals surface area contributed by atoms with Crippen LogP contribution in [-0.4, -0.2) is 35.5 Å². The molecule has 0 aliphatic heterocycles. The van der Waals surface area contributed by atoms with Crippen LogP contribution in [0.3, 0.4) is 0 Å². The van der Waals surface area contributed by atoms with Gasteiger partial charge in [-0.15, -0.1) is 0 Å². The van der Waals surface area contributed by atoms with E-state index in [0.29, 0.717) is 5.56 Å². The number of aliphatic hydroxyl groups excluding tert-OH is 1. The second-order valence-electron chi connectivity index (χ2n) is 2.78. The van der Waals surface area contributed by atoms with Gasteiger partial charge in [0.2, 0.25) is 0 Å². The van der Waals surface area contributed by atoms with Crippen molar-refractivity contribution in [3.8, 4) is 0 Å². The second kappa shape index (κ2) is 3.80. The third-order valence-corrected chi connectivity index (χ3v) is 2.35. The smallest absolute Gasteiger partial charge is 0.150 e. The predicted octanol–water partition coefficient (Wildman–Crippen LogP) is -0.445. The molecule has 1 N–H and O–H groups in total. The maximum absolute atomic E-state index is 10.8. The van der Waals surface area contributed by atoms with Gasteiger partial charge < -0.3 is 5.11 Å². The molecule has 0 spiro atoms. The molecule has 6 heteroatoms. The van der Waals surface area contributed by atoms with Crippen LogP contribution in [0.4, 0.5) is 0 Å². The van der Waals surface area contributed by atoms with E-state index in [1.165, 1.54) is 18.7 Å². The number of hydrogen-bond donors (Lipinski definition) is 1. The van der Waals surface area contributed by atoms with Gasteiger partial charge in [-0.3, -0.25) is 0 Å². The molecule has 1 unspecified atom stereocenters. The van der Waals surface area contributed by atoms with Crippen LogP contribution in [0.25, 0.3) is 0 Å². The summed E-state index contributed by atoms with van der Waals surface area (Å²) in [6.07, 6.45) is 4.12. The fraction of sp³-hybridized carbons (Fsp3) is 0.429. The Kier molecular flexibility index (Phi) is 2.94. The minimum absolute atomic E-state index is 0.305. The summed E-state index contributed by atoms with van der Waals surface area (Å²) in [4.78, 5) is 7.34. The van der Waals surface area contributed by atoms with Crippen molar-refractivity contribution in [2.45, 2.75) is 6.10 Å². The first-order chi connectivity index (χ1) is 5.99. The first-order valence-corrected chi connectivity index (χ1v) is 5.66. The quantitative estimate of drug-likeness (QED) is 0.718. The highest BCUT2D eigenvalue weighted by atomic mass is 32.2. The molecule has 72 valence electrons. The number of aromatic nitrogens is 2. The summed E-state index contributed by atoms with van der Waals surface area (Å²) in [6, 6.07) is 0. The maximum atomic E-state index is 10.8. The van der Waals surface area contributed by atoms with Gasteiger partial charge in [0.05, 0.1) is 11.9 Å². The van der Waals surface area contributed by atoms with Crippen molar-refractivity contribution in [3.05, 3.63) is 24.3 Å². The SMILES string of the molecule is CS(=O)(=O)CC(O)c1cncnc1. The molecule has 1 heterocycles. The highest BCUT2D eigenvalue weighted by molar-refractivity contribution is 7.90. The van der Waals surface area contributed by atoms with Crippen molar-refractivity contribution >= 4 is 9.84 Å². The first kappa shape index (κ1) is 10.1. The van der Waals surface area contributed by atoms with Gasteiger partial charge in [0.1, 0.15) is 16.2 Å². The summed E-state index contributed by atoms with van der Waals surface area (Å²) in [5.41, 5.74) is 0.410. The normalized spacial score (nSPS) is 14.0. The van der Waals surface area contributed by atoms with Crippen LogP contribution in [0, 0.1) is 0 Å². The molecular formula is C7H10N2O3S. The third-order valence-electron chi connectivity index (χ3n) is 1.43. The number of sulfone groups is 1. The van der Waals surface area contributed by atoms with Gasteiger partial charge in [0.25, 0.3) is 0 Å². The monoisotopic (exact) mass is 202 g/mol. The van der Waals surface area contributed by atoms with Crippen molar-refractivity contribution in [1.29, 1.82) is 0 Å². The molecule has 0 saturated carbocycles. The van der Waals surface area contributed by atoms with Gasteiger partial charge >= 0.3 is 0 Å². The largest absolute Gasteiger partial charge is 0.387 e. The van der Waals surface area contributed by atoms with Gasteiger partial charge in [-0.1, -0.05) is 0 Å². The Hall–Kier alpha value is -1.01. The van der Waals surface area contributed by atoms with Crippen molar-refractivity contribution in [2.75, 3.05) is 12.0 Å². The lowest BCUT2D eigenvalue weighted by Crippen LogP contribution is -2.13. The Morgan fingerprint density at radius 2 is 2.00 bits per heavy atom. The number of aliphatic hydroxyl groups is 1.